The molecule has 1 N–H and O–H groups in total. The van der Waals surface area contributed by atoms with Crippen LogP contribution in [0.4, 0.5) is 5.82 Å². The number of aromatic nitrogens is 2. The highest BCUT2D eigenvalue weighted by Crippen LogP contribution is 2.40. The summed E-state index contributed by atoms with van der Waals surface area (Å²) in [4.78, 5) is 24.5. The predicted octanol–water partition coefficient (Wildman–Crippen LogP) is 5.47. The normalized spacial score (nSPS) is 14.4. The summed E-state index contributed by atoms with van der Waals surface area (Å²) < 4.78 is 0. The second-order valence-corrected chi connectivity index (χ2v) is 8.81. The zero-order chi connectivity index (χ0) is 21.8. The van der Waals surface area contributed by atoms with Gasteiger partial charge in [0.2, 0.25) is 5.91 Å². The van der Waals surface area contributed by atoms with Crippen LogP contribution in [0.25, 0.3) is 10.9 Å². The quantitative estimate of drug-likeness (QED) is 0.483. The first-order valence-electron chi connectivity index (χ1n) is 11.1. The molecular weight excluding hydrogens is 408 g/mol. The highest BCUT2D eigenvalue weighted by molar-refractivity contribution is 6.31. The summed E-state index contributed by atoms with van der Waals surface area (Å²) in [6, 6.07) is 16.3. The molecule has 1 heterocycles. The Bertz CT molecular complexity index is 1050. The van der Waals surface area contributed by atoms with Crippen LogP contribution in [0.2, 0.25) is 5.02 Å². The fourth-order valence-electron chi connectivity index (χ4n) is 3.62. The maximum absolute atomic E-state index is 12.5. The lowest BCUT2D eigenvalue weighted by Crippen LogP contribution is -2.35. The molecule has 3 aromatic rings. The van der Waals surface area contributed by atoms with Crippen LogP contribution in [0, 0.1) is 0 Å². The van der Waals surface area contributed by atoms with Crippen LogP contribution in [0.15, 0.2) is 48.5 Å². The number of halogens is 1. The molecule has 1 aliphatic carbocycles. The van der Waals surface area contributed by atoms with Crippen LogP contribution < -0.4 is 10.2 Å². The predicted molar refractivity (Wildman–Crippen MR) is 127 cm³/mol. The van der Waals surface area contributed by atoms with E-state index in [0.29, 0.717) is 30.5 Å². The molecule has 0 aliphatic heterocycles. The molecule has 1 atom stereocenters. The Kier molecular flexibility index (Phi) is 6.71. The van der Waals surface area contributed by atoms with E-state index in [1.165, 1.54) is 5.56 Å². The van der Waals surface area contributed by atoms with Crippen molar-refractivity contribution in [3.05, 3.63) is 64.9 Å². The summed E-state index contributed by atoms with van der Waals surface area (Å²) in [6.45, 7) is 5.36. The number of rotatable bonds is 9. The van der Waals surface area contributed by atoms with Crippen molar-refractivity contribution in [2.24, 2.45) is 0 Å². The number of carbonyl (C=O) groups excluding carboxylic acids is 1. The Morgan fingerprint density at radius 2 is 1.97 bits per heavy atom. The van der Waals surface area contributed by atoms with E-state index >= 15 is 0 Å². The van der Waals surface area contributed by atoms with E-state index in [9.17, 15) is 4.79 Å². The summed E-state index contributed by atoms with van der Waals surface area (Å²) in [5.41, 5.74) is 2.04. The van der Waals surface area contributed by atoms with Gasteiger partial charge in [-0.2, -0.15) is 0 Å². The van der Waals surface area contributed by atoms with Gasteiger partial charge in [-0.05, 0) is 49.9 Å². The lowest BCUT2D eigenvalue weighted by molar-refractivity contribution is -0.121. The Balaban J connectivity index is 1.68. The number of nitrogens with one attached hydrogen (secondary N) is 1. The van der Waals surface area contributed by atoms with E-state index in [1.807, 2.05) is 43.3 Å². The molecule has 1 fully saturated rings. The Morgan fingerprint density at radius 3 is 2.68 bits per heavy atom. The molecule has 1 amide bonds. The molecule has 0 saturated heterocycles. The van der Waals surface area contributed by atoms with Crippen molar-refractivity contribution in [2.75, 3.05) is 11.4 Å². The SMILES string of the molecule is CC[C@@H](C)NC(=O)CCN(Cc1ccccc1)c1nc(C2CC2)nc2cc(Cl)ccc12. The highest BCUT2D eigenvalue weighted by atomic mass is 35.5. The zero-order valence-electron chi connectivity index (χ0n) is 18.1. The largest absolute Gasteiger partial charge is 0.354 e. The molecule has 6 heteroatoms. The summed E-state index contributed by atoms with van der Waals surface area (Å²) in [6.07, 6.45) is 3.58. The second-order valence-electron chi connectivity index (χ2n) is 8.38. The average molecular weight is 437 g/mol. The lowest BCUT2D eigenvalue weighted by atomic mass is 10.1. The molecule has 0 bridgehead atoms. The maximum atomic E-state index is 12.5. The zero-order valence-corrected chi connectivity index (χ0v) is 18.9. The van der Waals surface area contributed by atoms with Gasteiger partial charge < -0.3 is 10.2 Å². The van der Waals surface area contributed by atoms with Gasteiger partial charge in [0.05, 0.1) is 5.52 Å². The van der Waals surface area contributed by atoms with Crippen LogP contribution in [0.3, 0.4) is 0 Å². The fraction of sp³-hybridized carbons (Fsp3) is 0.400. The van der Waals surface area contributed by atoms with Crippen molar-refractivity contribution in [3.8, 4) is 0 Å². The van der Waals surface area contributed by atoms with Crippen LogP contribution in [0.5, 0.6) is 0 Å². The van der Waals surface area contributed by atoms with Crippen LogP contribution in [-0.2, 0) is 11.3 Å². The van der Waals surface area contributed by atoms with E-state index in [0.717, 1.165) is 41.8 Å². The van der Waals surface area contributed by atoms with Gasteiger partial charge in [0, 0.05) is 41.9 Å². The topological polar surface area (TPSA) is 58.1 Å². The van der Waals surface area contributed by atoms with Crippen LogP contribution >= 0.6 is 11.6 Å². The molecule has 0 unspecified atom stereocenters. The minimum atomic E-state index is 0.0660. The summed E-state index contributed by atoms with van der Waals surface area (Å²) in [5, 5.41) is 4.70. The number of amides is 1. The molecule has 1 aliphatic rings. The van der Waals surface area contributed by atoms with E-state index in [4.69, 9.17) is 21.6 Å². The van der Waals surface area contributed by atoms with Gasteiger partial charge in [-0.25, -0.2) is 9.97 Å². The van der Waals surface area contributed by atoms with Crippen LogP contribution in [0.1, 0.15) is 56.8 Å². The molecule has 0 spiro atoms. The molecule has 162 valence electrons. The summed E-state index contributed by atoms with van der Waals surface area (Å²) in [7, 11) is 0. The van der Waals surface area contributed by atoms with Crippen LogP contribution in [-0.4, -0.2) is 28.5 Å². The van der Waals surface area contributed by atoms with Gasteiger partial charge >= 0.3 is 0 Å². The minimum Gasteiger partial charge on any atom is -0.354 e. The second kappa shape index (κ2) is 9.65. The molecule has 31 heavy (non-hydrogen) atoms. The molecule has 2 aromatic carbocycles. The molecule has 1 saturated carbocycles. The first kappa shape index (κ1) is 21.6. The average Bonchev–Trinajstić information content (AvgIpc) is 3.61. The van der Waals surface area contributed by atoms with E-state index in [2.05, 4.69) is 29.3 Å². The van der Waals surface area contributed by atoms with Gasteiger partial charge in [0.25, 0.3) is 0 Å². The lowest BCUT2D eigenvalue weighted by Gasteiger charge is -2.26. The minimum absolute atomic E-state index is 0.0660. The maximum Gasteiger partial charge on any atom is 0.221 e. The van der Waals surface area contributed by atoms with E-state index in [-0.39, 0.29) is 11.9 Å². The Labute approximate surface area is 188 Å². The number of benzene rings is 2. The first-order valence-corrected chi connectivity index (χ1v) is 11.5. The van der Waals surface area contributed by atoms with Gasteiger partial charge in [-0.1, -0.05) is 48.9 Å². The van der Waals surface area contributed by atoms with Crippen molar-refractivity contribution in [1.29, 1.82) is 0 Å². The van der Waals surface area contributed by atoms with Gasteiger partial charge in [0.15, 0.2) is 0 Å². The first-order chi connectivity index (χ1) is 15.0. The summed E-state index contributed by atoms with van der Waals surface area (Å²) >= 11 is 6.27. The van der Waals surface area contributed by atoms with Gasteiger partial charge in [-0.3, -0.25) is 4.79 Å². The summed E-state index contributed by atoms with van der Waals surface area (Å²) in [5.74, 6) is 2.25. The Morgan fingerprint density at radius 1 is 1.19 bits per heavy atom. The number of anilines is 1. The number of carbonyl (C=O) groups is 1. The standard InChI is InChI=1S/C25H29ClN4O/c1-3-17(2)27-23(31)13-14-30(16-18-7-5-4-6-8-18)25-21-12-11-20(26)15-22(21)28-24(29-25)19-9-10-19/h4-8,11-12,15,17,19H,3,9-10,13-14,16H2,1-2H3,(H,27,31)/t17-/m1/s1. The molecular formula is C25H29ClN4O. The van der Waals surface area contributed by atoms with E-state index in [1.54, 1.807) is 0 Å². The number of fused-ring (bicyclic) bond motifs is 1. The van der Waals surface area contributed by atoms with Gasteiger partial charge in [-0.15, -0.1) is 0 Å². The highest BCUT2D eigenvalue weighted by Gasteiger charge is 2.28. The van der Waals surface area contributed by atoms with Crippen molar-refractivity contribution >= 4 is 34.2 Å². The van der Waals surface area contributed by atoms with Crippen molar-refractivity contribution < 1.29 is 4.79 Å². The fourth-order valence-corrected chi connectivity index (χ4v) is 3.78. The van der Waals surface area contributed by atoms with Crippen molar-refractivity contribution in [1.82, 2.24) is 15.3 Å². The third-order valence-corrected chi connectivity index (χ3v) is 5.98. The van der Waals surface area contributed by atoms with E-state index < -0.39 is 0 Å². The molecule has 5 nitrogen and oxygen atoms in total. The smallest absolute Gasteiger partial charge is 0.221 e. The third kappa shape index (κ3) is 5.53. The van der Waals surface area contributed by atoms with Crippen molar-refractivity contribution in [2.45, 2.75) is 58.0 Å². The third-order valence-electron chi connectivity index (χ3n) is 5.74. The molecule has 0 radical (unpaired) electrons. The van der Waals surface area contributed by atoms with Crippen molar-refractivity contribution in [3.63, 3.8) is 0 Å². The number of hydrogen-bond donors (Lipinski definition) is 1. The number of hydrogen-bond acceptors (Lipinski definition) is 4. The number of nitrogens with zero attached hydrogens (tertiary/aromatic N) is 3. The van der Waals surface area contributed by atoms with Gasteiger partial charge in [0.1, 0.15) is 11.6 Å². The molecule has 4 rings (SSSR count). The monoisotopic (exact) mass is 436 g/mol. The molecule has 1 aromatic heterocycles. The Hall–Kier alpha value is -2.66.